The zero-order valence-corrected chi connectivity index (χ0v) is 8.66. The minimum Gasteiger partial charge on any atom is -0.396 e. The summed E-state index contributed by atoms with van der Waals surface area (Å²) in [6.07, 6.45) is 4.35. The van der Waals surface area contributed by atoms with Crippen molar-refractivity contribution in [1.29, 1.82) is 0 Å². The summed E-state index contributed by atoms with van der Waals surface area (Å²) in [4.78, 5) is 4.39. The summed E-state index contributed by atoms with van der Waals surface area (Å²) in [7, 11) is 1.88. The number of aryl methyl sites for hydroxylation is 1. The van der Waals surface area contributed by atoms with E-state index in [9.17, 15) is 0 Å². The van der Waals surface area contributed by atoms with Gasteiger partial charge in [-0.05, 0) is 0 Å². The lowest BCUT2D eigenvalue weighted by molar-refractivity contribution is 0.298. The molecule has 5 heteroatoms. The molecule has 0 saturated heterocycles. The molecule has 2 aromatic rings. The molecule has 0 spiro atoms. The predicted molar refractivity (Wildman–Crippen MR) is 55.1 cm³/mol. The molecule has 0 amide bonds. The predicted octanol–water partition coefficient (Wildman–Crippen LogP) is 1.08. The van der Waals surface area contributed by atoms with Crippen LogP contribution >= 0.6 is 11.3 Å². The van der Waals surface area contributed by atoms with Crippen LogP contribution in [0.4, 0.5) is 0 Å². The molecule has 0 radical (unpaired) electrons. The van der Waals surface area contributed by atoms with Crippen molar-refractivity contribution in [3.8, 4) is 10.6 Å². The van der Waals surface area contributed by atoms with E-state index < -0.39 is 0 Å². The molecule has 14 heavy (non-hydrogen) atoms. The zero-order valence-electron chi connectivity index (χ0n) is 7.84. The van der Waals surface area contributed by atoms with Gasteiger partial charge in [0.2, 0.25) is 0 Å². The Hall–Kier alpha value is -1.20. The number of aromatic nitrogens is 3. The van der Waals surface area contributed by atoms with Gasteiger partial charge in [-0.15, -0.1) is 11.3 Å². The van der Waals surface area contributed by atoms with Crippen LogP contribution < -0.4 is 0 Å². The third-order valence-corrected chi connectivity index (χ3v) is 2.81. The molecule has 0 atom stereocenters. The van der Waals surface area contributed by atoms with Gasteiger partial charge in [-0.1, -0.05) is 0 Å². The average molecular weight is 209 g/mol. The van der Waals surface area contributed by atoms with Crippen LogP contribution in [-0.2, 0) is 13.5 Å². The summed E-state index contributed by atoms with van der Waals surface area (Å²) in [6.45, 7) is 0.149. The maximum Gasteiger partial charge on any atom is 0.126 e. The Balaban J connectivity index is 2.24. The Bertz CT molecular complexity index is 421. The van der Waals surface area contributed by atoms with Crippen molar-refractivity contribution in [2.24, 2.45) is 7.05 Å². The Morgan fingerprint density at radius 3 is 3.07 bits per heavy atom. The molecule has 0 aliphatic carbocycles. The number of thiazole rings is 1. The van der Waals surface area contributed by atoms with Crippen LogP contribution in [0.25, 0.3) is 10.6 Å². The standard InChI is InChI=1S/C9H11N3OS/c1-12-5-7(4-10-12)9-11-8(2-3-13)6-14-9/h4-6,13H,2-3H2,1H3. The molecule has 0 saturated carbocycles. The average Bonchev–Trinajstić information content (AvgIpc) is 2.74. The maximum absolute atomic E-state index is 8.75. The molecule has 2 aromatic heterocycles. The monoisotopic (exact) mass is 209 g/mol. The molecule has 4 nitrogen and oxygen atoms in total. The van der Waals surface area contributed by atoms with Crippen LogP contribution in [0.1, 0.15) is 5.69 Å². The minimum absolute atomic E-state index is 0.149. The highest BCUT2D eigenvalue weighted by Gasteiger charge is 2.05. The van der Waals surface area contributed by atoms with E-state index in [1.165, 1.54) is 0 Å². The molecule has 2 heterocycles. The summed E-state index contributed by atoms with van der Waals surface area (Å²) in [5, 5.41) is 15.8. The molecule has 0 aromatic carbocycles. The van der Waals surface area contributed by atoms with E-state index in [1.54, 1.807) is 22.2 Å². The third-order valence-electron chi connectivity index (χ3n) is 1.87. The van der Waals surface area contributed by atoms with E-state index >= 15 is 0 Å². The first-order valence-electron chi connectivity index (χ1n) is 4.34. The smallest absolute Gasteiger partial charge is 0.126 e. The van der Waals surface area contributed by atoms with Crippen LogP contribution in [0.3, 0.4) is 0 Å². The molecule has 0 aliphatic rings. The van der Waals surface area contributed by atoms with E-state index in [2.05, 4.69) is 10.1 Å². The van der Waals surface area contributed by atoms with Gasteiger partial charge >= 0.3 is 0 Å². The van der Waals surface area contributed by atoms with Gasteiger partial charge in [0.05, 0.1) is 11.9 Å². The van der Waals surface area contributed by atoms with Crippen molar-refractivity contribution in [2.45, 2.75) is 6.42 Å². The number of aliphatic hydroxyl groups excluding tert-OH is 1. The fourth-order valence-corrected chi connectivity index (χ4v) is 2.03. The van der Waals surface area contributed by atoms with Gasteiger partial charge in [-0.25, -0.2) is 4.98 Å². The highest BCUT2D eigenvalue weighted by Crippen LogP contribution is 2.22. The van der Waals surface area contributed by atoms with E-state index in [-0.39, 0.29) is 6.61 Å². The first-order chi connectivity index (χ1) is 6.79. The lowest BCUT2D eigenvalue weighted by Gasteiger charge is -1.89. The normalized spacial score (nSPS) is 10.7. The third kappa shape index (κ3) is 1.83. The highest BCUT2D eigenvalue weighted by molar-refractivity contribution is 7.13. The van der Waals surface area contributed by atoms with Gasteiger partial charge in [0, 0.05) is 37.2 Å². The topological polar surface area (TPSA) is 50.9 Å². The number of aliphatic hydroxyl groups is 1. The largest absolute Gasteiger partial charge is 0.396 e. The van der Waals surface area contributed by atoms with E-state index in [0.29, 0.717) is 6.42 Å². The van der Waals surface area contributed by atoms with Crippen molar-refractivity contribution in [3.63, 3.8) is 0 Å². The second-order valence-corrected chi connectivity index (χ2v) is 3.88. The molecule has 0 aliphatic heterocycles. The molecule has 0 fully saturated rings. The molecule has 1 N–H and O–H groups in total. The molecule has 2 rings (SSSR count). The number of nitrogens with zero attached hydrogens (tertiary/aromatic N) is 3. The van der Waals surface area contributed by atoms with Crippen LogP contribution in [-0.4, -0.2) is 26.5 Å². The fourth-order valence-electron chi connectivity index (χ4n) is 1.20. The van der Waals surface area contributed by atoms with Crippen molar-refractivity contribution >= 4 is 11.3 Å². The van der Waals surface area contributed by atoms with Crippen molar-refractivity contribution < 1.29 is 5.11 Å². The quantitative estimate of drug-likeness (QED) is 0.823. The van der Waals surface area contributed by atoms with E-state index in [1.807, 2.05) is 18.6 Å². The van der Waals surface area contributed by atoms with Gasteiger partial charge in [0.25, 0.3) is 0 Å². The number of hydrogen-bond acceptors (Lipinski definition) is 4. The maximum atomic E-state index is 8.75. The summed E-state index contributed by atoms with van der Waals surface area (Å²) >= 11 is 1.58. The van der Waals surface area contributed by atoms with Crippen LogP contribution in [0.5, 0.6) is 0 Å². The lowest BCUT2D eigenvalue weighted by atomic mass is 10.3. The second kappa shape index (κ2) is 3.89. The Morgan fingerprint density at radius 2 is 2.43 bits per heavy atom. The molecule has 0 unspecified atom stereocenters. The molecule has 0 bridgehead atoms. The number of hydrogen-bond donors (Lipinski definition) is 1. The Kier molecular flexibility index (Phi) is 2.60. The van der Waals surface area contributed by atoms with Gasteiger partial charge in [0.15, 0.2) is 0 Å². The molecule has 74 valence electrons. The second-order valence-electron chi connectivity index (χ2n) is 3.02. The lowest BCUT2D eigenvalue weighted by Crippen LogP contribution is -1.89. The SMILES string of the molecule is Cn1cc(-c2nc(CCO)cs2)cn1. The van der Waals surface area contributed by atoms with Gasteiger partial charge in [0.1, 0.15) is 5.01 Å². The van der Waals surface area contributed by atoms with Crippen molar-refractivity contribution in [2.75, 3.05) is 6.61 Å². The summed E-state index contributed by atoms with van der Waals surface area (Å²) in [5.74, 6) is 0. The first kappa shape index (κ1) is 9.36. The number of rotatable bonds is 3. The van der Waals surface area contributed by atoms with Gasteiger partial charge in [-0.3, -0.25) is 4.68 Å². The Morgan fingerprint density at radius 1 is 1.57 bits per heavy atom. The van der Waals surface area contributed by atoms with E-state index in [4.69, 9.17) is 5.11 Å². The summed E-state index contributed by atoms with van der Waals surface area (Å²) in [6, 6.07) is 0. The Labute approximate surface area is 85.8 Å². The molecular formula is C9H11N3OS. The van der Waals surface area contributed by atoms with Crippen molar-refractivity contribution in [1.82, 2.24) is 14.8 Å². The fraction of sp³-hybridized carbons (Fsp3) is 0.333. The highest BCUT2D eigenvalue weighted by atomic mass is 32.1. The zero-order chi connectivity index (χ0) is 9.97. The van der Waals surface area contributed by atoms with Gasteiger partial charge < -0.3 is 5.11 Å². The van der Waals surface area contributed by atoms with Crippen LogP contribution in [0, 0.1) is 0 Å². The van der Waals surface area contributed by atoms with Crippen molar-refractivity contribution in [3.05, 3.63) is 23.5 Å². The minimum atomic E-state index is 0.149. The van der Waals surface area contributed by atoms with E-state index in [0.717, 1.165) is 16.3 Å². The van der Waals surface area contributed by atoms with Gasteiger partial charge in [-0.2, -0.15) is 5.10 Å². The van der Waals surface area contributed by atoms with Crippen LogP contribution in [0.15, 0.2) is 17.8 Å². The summed E-state index contributed by atoms with van der Waals surface area (Å²) in [5.41, 5.74) is 1.97. The first-order valence-corrected chi connectivity index (χ1v) is 5.22. The van der Waals surface area contributed by atoms with Crippen LogP contribution in [0.2, 0.25) is 0 Å². The molecular weight excluding hydrogens is 198 g/mol. The summed E-state index contributed by atoms with van der Waals surface area (Å²) < 4.78 is 1.75.